The minimum absolute atomic E-state index is 0.154. The Kier molecular flexibility index (Phi) is 7.72. The van der Waals surface area contributed by atoms with Gasteiger partial charge >= 0.3 is 0 Å². The van der Waals surface area contributed by atoms with Crippen molar-refractivity contribution in [1.29, 1.82) is 0 Å². The van der Waals surface area contributed by atoms with Crippen LogP contribution in [-0.2, 0) is 18.4 Å². The van der Waals surface area contributed by atoms with Crippen molar-refractivity contribution in [3.63, 3.8) is 0 Å². The molecular weight excluding hydrogens is 430 g/mol. The third-order valence-corrected chi connectivity index (χ3v) is 5.67. The molecule has 0 bridgehead atoms. The molecule has 2 N–H and O–H groups in total. The highest BCUT2D eigenvalue weighted by molar-refractivity contribution is 7.99. The smallest absolute Gasteiger partial charge is 0.251 e. The first-order valence-corrected chi connectivity index (χ1v) is 10.8. The molecule has 9 nitrogen and oxygen atoms in total. The molecule has 0 spiro atoms. The number of anilines is 1. The standard InChI is InChI=1S/C22H25N5O4S/c1-14-5-10-18(31-4)17(11-14)24-20(28)13-32-22-26-25-19(27(22)2)12-23-21(29)15-6-8-16(30-3)9-7-15/h5-11H,12-13H2,1-4H3,(H,23,29)(H,24,28). The molecule has 0 fully saturated rings. The number of aromatic nitrogens is 3. The lowest BCUT2D eigenvalue weighted by molar-refractivity contribution is -0.113. The zero-order valence-electron chi connectivity index (χ0n) is 18.3. The lowest BCUT2D eigenvalue weighted by Gasteiger charge is -2.11. The van der Waals surface area contributed by atoms with E-state index in [1.807, 2.05) is 25.1 Å². The van der Waals surface area contributed by atoms with Crippen LogP contribution in [0.15, 0.2) is 47.6 Å². The van der Waals surface area contributed by atoms with E-state index in [0.717, 1.165) is 5.56 Å². The Balaban J connectivity index is 1.53. The van der Waals surface area contributed by atoms with Gasteiger partial charge in [-0.2, -0.15) is 0 Å². The SMILES string of the molecule is COc1ccc(C(=O)NCc2nnc(SCC(=O)Nc3cc(C)ccc3OC)n2C)cc1. The highest BCUT2D eigenvalue weighted by Crippen LogP contribution is 2.26. The average Bonchev–Trinajstić information content (AvgIpc) is 3.15. The quantitative estimate of drug-likeness (QED) is 0.478. The number of methoxy groups -OCH3 is 2. The molecule has 10 heteroatoms. The van der Waals surface area contributed by atoms with Gasteiger partial charge in [-0.1, -0.05) is 17.8 Å². The Morgan fingerprint density at radius 3 is 2.50 bits per heavy atom. The summed E-state index contributed by atoms with van der Waals surface area (Å²) in [6.07, 6.45) is 0. The Morgan fingerprint density at radius 1 is 1.06 bits per heavy atom. The largest absolute Gasteiger partial charge is 0.497 e. The average molecular weight is 456 g/mol. The van der Waals surface area contributed by atoms with E-state index in [-0.39, 0.29) is 24.1 Å². The summed E-state index contributed by atoms with van der Waals surface area (Å²) >= 11 is 1.26. The summed E-state index contributed by atoms with van der Waals surface area (Å²) in [4.78, 5) is 24.7. The van der Waals surface area contributed by atoms with E-state index in [1.54, 1.807) is 50.1 Å². The molecule has 168 valence electrons. The Hall–Kier alpha value is -3.53. The summed E-state index contributed by atoms with van der Waals surface area (Å²) in [5, 5.41) is 14.5. The molecule has 0 aliphatic rings. The van der Waals surface area contributed by atoms with Gasteiger partial charge in [0.15, 0.2) is 11.0 Å². The van der Waals surface area contributed by atoms with Gasteiger partial charge < -0.3 is 24.7 Å². The second-order valence-electron chi connectivity index (χ2n) is 6.91. The summed E-state index contributed by atoms with van der Waals surface area (Å²) in [6.45, 7) is 2.15. The van der Waals surface area contributed by atoms with Crippen LogP contribution in [0.5, 0.6) is 11.5 Å². The van der Waals surface area contributed by atoms with E-state index in [1.165, 1.54) is 11.8 Å². The Bertz CT molecular complexity index is 1100. The number of nitrogens with zero attached hydrogens (tertiary/aromatic N) is 3. The van der Waals surface area contributed by atoms with Gasteiger partial charge in [0.2, 0.25) is 5.91 Å². The van der Waals surface area contributed by atoms with E-state index in [2.05, 4.69) is 20.8 Å². The fourth-order valence-corrected chi connectivity index (χ4v) is 3.59. The summed E-state index contributed by atoms with van der Waals surface area (Å²) in [7, 11) is 4.92. The van der Waals surface area contributed by atoms with Gasteiger partial charge in [0.1, 0.15) is 11.5 Å². The van der Waals surface area contributed by atoms with Crippen LogP contribution in [0.25, 0.3) is 0 Å². The predicted molar refractivity (Wildman–Crippen MR) is 122 cm³/mol. The lowest BCUT2D eigenvalue weighted by atomic mass is 10.2. The number of rotatable bonds is 9. The van der Waals surface area contributed by atoms with E-state index in [4.69, 9.17) is 9.47 Å². The summed E-state index contributed by atoms with van der Waals surface area (Å²) < 4.78 is 12.1. The van der Waals surface area contributed by atoms with Gasteiger partial charge in [-0.25, -0.2) is 0 Å². The van der Waals surface area contributed by atoms with E-state index in [0.29, 0.717) is 33.7 Å². The summed E-state index contributed by atoms with van der Waals surface area (Å²) in [5.74, 6) is 1.60. The van der Waals surface area contributed by atoms with Crippen molar-refractivity contribution in [2.75, 3.05) is 25.3 Å². The summed E-state index contributed by atoms with van der Waals surface area (Å²) in [5.41, 5.74) is 2.16. The van der Waals surface area contributed by atoms with Crippen molar-refractivity contribution in [2.45, 2.75) is 18.6 Å². The molecule has 0 unspecified atom stereocenters. The maximum atomic E-state index is 12.4. The van der Waals surface area contributed by atoms with Crippen molar-refractivity contribution in [3.8, 4) is 11.5 Å². The first kappa shape index (κ1) is 23.1. The second kappa shape index (κ2) is 10.7. The van der Waals surface area contributed by atoms with Crippen LogP contribution in [0.2, 0.25) is 0 Å². The number of carbonyl (C=O) groups excluding carboxylic acids is 2. The number of benzene rings is 2. The van der Waals surface area contributed by atoms with Gasteiger partial charge in [0.25, 0.3) is 5.91 Å². The molecule has 1 heterocycles. The van der Waals surface area contributed by atoms with Crippen molar-refractivity contribution in [1.82, 2.24) is 20.1 Å². The highest BCUT2D eigenvalue weighted by atomic mass is 32.2. The molecule has 0 atom stereocenters. The number of thioether (sulfide) groups is 1. The van der Waals surface area contributed by atoms with Crippen LogP contribution < -0.4 is 20.1 Å². The number of hydrogen-bond acceptors (Lipinski definition) is 7. The van der Waals surface area contributed by atoms with Gasteiger partial charge in [-0.05, 0) is 48.9 Å². The molecule has 2 amide bonds. The molecule has 3 rings (SSSR count). The first-order chi connectivity index (χ1) is 15.4. The third-order valence-electron chi connectivity index (χ3n) is 4.65. The lowest BCUT2D eigenvalue weighted by Crippen LogP contribution is -2.24. The number of nitrogens with one attached hydrogen (secondary N) is 2. The first-order valence-electron chi connectivity index (χ1n) is 9.79. The number of hydrogen-bond donors (Lipinski definition) is 2. The minimum Gasteiger partial charge on any atom is -0.497 e. The minimum atomic E-state index is -0.226. The van der Waals surface area contributed by atoms with Crippen LogP contribution in [-0.4, -0.2) is 46.6 Å². The maximum Gasteiger partial charge on any atom is 0.251 e. The molecule has 32 heavy (non-hydrogen) atoms. The number of aryl methyl sites for hydroxylation is 1. The molecule has 3 aromatic rings. The molecule has 0 saturated heterocycles. The molecule has 2 aromatic carbocycles. The molecule has 0 radical (unpaired) electrons. The van der Waals surface area contributed by atoms with E-state index < -0.39 is 0 Å². The van der Waals surface area contributed by atoms with E-state index in [9.17, 15) is 9.59 Å². The topological polar surface area (TPSA) is 107 Å². The van der Waals surface area contributed by atoms with Crippen LogP contribution in [0.3, 0.4) is 0 Å². The Labute approximate surface area is 190 Å². The second-order valence-corrected chi connectivity index (χ2v) is 7.85. The monoisotopic (exact) mass is 455 g/mol. The van der Waals surface area contributed by atoms with E-state index >= 15 is 0 Å². The predicted octanol–water partition coefficient (Wildman–Crippen LogP) is 2.80. The third kappa shape index (κ3) is 5.79. The van der Waals surface area contributed by atoms with Crippen LogP contribution in [0.1, 0.15) is 21.7 Å². The molecular formula is C22H25N5O4S. The zero-order chi connectivity index (χ0) is 23.1. The highest BCUT2D eigenvalue weighted by Gasteiger charge is 2.14. The number of ether oxygens (including phenoxy) is 2. The summed E-state index contributed by atoms with van der Waals surface area (Å²) in [6, 6.07) is 12.4. The van der Waals surface area contributed by atoms with Crippen LogP contribution in [0, 0.1) is 6.92 Å². The molecule has 0 aliphatic carbocycles. The Morgan fingerprint density at radius 2 is 1.81 bits per heavy atom. The molecule has 0 aliphatic heterocycles. The number of carbonyl (C=O) groups is 2. The maximum absolute atomic E-state index is 12.4. The zero-order valence-corrected chi connectivity index (χ0v) is 19.2. The van der Waals surface area contributed by atoms with Crippen LogP contribution in [0.4, 0.5) is 5.69 Å². The fraction of sp³-hybridized carbons (Fsp3) is 0.273. The fourth-order valence-electron chi connectivity index (χ4n) is 2.86. The van der Waals surface area contributed by atoms with Crippen LogP contribution >= 0.6 is 11.8 Å². The van der Waals surface area contributed by atoms with Crippen molar-refractivity contribution >= 4 is 29.3 Å². The molecule has 1 aromatic heterocycles. The van der Waals surface area contributed by atoms with Gasteiger partial charge in [0, 0.05) is 12.6 Å². The van der Waals surface area contributed by atoms with Crippen molar-refractivity contribution in [3.05, 3.63) is 59.4 Å². The van der Waals surface area contributed by atoms with Gasteiger partial charge in [0.05, 0.1) is 32.2 Å². The van der Waals surface area contributed by atoms with Gasteiger partial charge in [-0.3, -0.25) is 9.59 Å². The molecule has 0 saturated carbocycles. The van der Waals surface area contributed by atoms with Crippen molar-refractivity contribution < 1.29 is 19.1 Å². The number of amides is 2. The van der Waals surface area contributed by atoms with Crippen molar-refractivity contribution in [2.24, 2.45) is 7.05 Å². The van der Waals surface area contributed by atoms with Gasteiger partial charge in [-0.15, -0.1) is 10.2 Å². The normalized spacial score (nSPS) is 10.5.